The van der Waals surface area contributed by atoms with E-state index in [0.717, 1.165) is 0 Å². The lowest BCUT2D eigenvalue weighted by molar-refractivity contribution is 0.0925. The van der Waals surface area contributed by atoms with Crippen molar-refractivity contribution in [2.75, 3.05) is 6.54 Å². The number of rotatable bonds is 6. The van der Waals surface area contributed by atoms with Gasteiger partial charge in [-0.15, -0.1) is 0 Å². The molecule has 1 unspecified atom stereocenters. The number of carbonyl (C=O) groups is 1. The van der Waals surface area contributed by atoms with E-state index in [1.807, 2.05) is 13.8 Å². The summed E-state index contributed by atoms with van der Waals surface area (Å²) in [6.07, 6.45) is 0.690. The highest BCUT2D eigenvalue weighted by atomic mass is 19.1. The Morgan fingerprint density at radius 1 is 1.36 bits per heavy atom. The van der Waals surface area contributed by atoms with Gasteiger partial charge in [0.05, 0.1) is 0 Å². The Hall–Kier alpha value is -2.54. The van der Waals surface area contributed by atoms with Gasteiger partial charge in [-0.25, -0.2) is 9.07 Å². The molecule has 0 aliphatic rings. The number of amides is 1. The second kappa shape index (κ2) is 8.02. The number of para-hydroxylation sites is 1. The minimum Gasteiger partial charge on any atom is -0.347 e. The molecular weight excluding hydrogens is 323 g/mol. The molecule has 134 valence electrons. The third-order valence-corrected chi connectivity index (χ3v) is 3.78. The number of aromatic nitrogens is 2. The Balaban J connectivity index is 2.39. The van der Waals surface area contributed by atoms with E-state index in [9.17, 15) is 14.0 Å². The van der Waals surface area contributed by atoms with Gasteiger partial charge in [0.25, 0.3) is 5.91 Å². The van der Waals surface area contributed by atoms with E-state index in [1.54, 1.807) is 19.1 Å². The molecule has 1 amide bonds. The summed E-state index contributed by atoms with van der Waals surface area (Å²) >= 11 is 0. The standard InChI is InChI=1S/C18H23FN4O2/c1-11(2)8-13(10-20)21-18(25)17-16(24)9-12(3)23(22-17)15-7-5-4-6-14(15)19/h4-7,9,11,13H,8,10,20H2,1-3H3,(H,21,25). The molecule has 2 rings (SSSR count). The molecule has 0 spiro atoms. The van der Waals surface area contributed by atoms with E-state index < -0.39 is 17.2 Å². The molecule has 0 fully saturated rings. The van der Waals surface area contributed by atoms with Gasteiger partial charge in [-0.1, -0.05) is 26.0 Å². The maximum absolute atomic E-state index is 14.0. The number of nitrogens with zero attached hydrogens (tertiary/aromatic N) is 2. The Labute approximate surface area is 145 Å². The number of hydrogen-bond donors (Lipinski definition) is 2. The summed E-state index contributed by atoms with van der Waals surface area (Å²) in [6, 6.07) is 7.06. The highest BCUT2D eigenvalue weighted by molar-refractivity contribution is 5.92. The van der Waals surface area contributed by atoms with Crippen molar-refractivity contribution < 1.29 is 9.18 Å². The Morgan fingerprint density at radius 2 is 2.04 bits per heavy atom. The summed E-state index contributed by atoms with van der Waals surface area (Å²) < 4.78 is 15.3. The van der Waals surface area contributed by atoms with Gasteiger partial charge in [-0.3, -0.25) is 9.59 Å². The average molecular weight is 346 g/mol. The number of hydrogen-bond acceptors (Lipinski definition) is 4. The number of nitrogens with two attached hydrogens (primary N) is 1. The first-order valence-corrected chi connectivity index (χ1v) is 8.20. The molecule has 1 heterocycles. The molecule has 0 aliphatic carbocycles. The van der Waals surface area contributed by atoms with E-state index in [1.165, 1.54) is 22.9 Å². The number of carbonyl (C=O) groups excluding carboxylic acids is 1. The first kappa shape index (κ1) is 18.8. The van der Waals surface area contributed by atoms with Gasteiger partial charge in [0.15, 0.2) is 5.69 Å². The molecule has 7 heteroatoms. The van der Waals surface area contributed by atoms with E-state index in [0.29, 0.717) is 18.0 Å². The summed E-state index contributed by atoms with van der Waals surface area (Å²) in [5.41, 5.74) is 5.50. The zero-order valence-corrected chi connectivity index (χ0v) is 14.6. The van der Waals surface area contributed by atoms with Crippen LogP contribution in [-0.2, 0) is 0 Å². The highest BCUT2D eigenvalue weighted by Crippen LogP contribution is 2.13. The van der Waals surface area contributed by atoms with Crippen LogP contribution in [0.3, 0.4) is 0 Å². The van der Waals surface area contributed by atoms with Crippen LogP contribution in [-0.4, -0.2) is 28.3 Å². The van der Waals surface area contributed by atoms with Crippen LogP contribution in [0.2, 0.25) is 0 Å². The Kier molecular flexibility index (Phi) is 6.03. The van der Waals surface area contributed by atoms with Crippen molar-refractivity contribution in [3.63, 3.8) is 0 Å². The minimum atomic E-state index is -0.605. The van der Waals surface area contributed by atoms with Gasteiger partial charge < -0.3 is 11.1 Å². The van der Waals surface area contributed by atoms with Crippen LogP contribution in [0.1, 0.15) is 36.5 Å². The van der Waals surface area contributed by atoms with Crippen LogP contribution in [0.4, 0.5) is 4.39 Å². The van der Waals surface area contributed by atoms with Crippen molar-refractivity contribution in [1.29, 1.82) is 0 Å². The molecule has 0 saturated carbocycles. The molecule has 0 bridgehead atoms. The van der Waals surface area contributed by atoms with E-state index in [-0.39, 0.29) is 24.0 Å². The monoisotopic (exact) mass is 346 g/mol. The van der Waals surface area contributed by atoms with E-state index >= 15 is 0 Å². The minimum absolute atomic E-state index is 0.173. The van der Waals surface area contributed by atoms with Crippen molar-refractivity contribution >= 4 is 5.91 Å². The van der Waals surface area contributed by atoms with Crippen molar-refractivity contribution in [3.05, 3.63) is 57.8 Å². The van der Waals surface area contributed by atoms with Crippen LogP contribution < -0.4 is 16.5 Å². The summed E-state index contributed by atoms with van der Waals surface area (Å²) in [7, 11) is 0. The molecule has 0 aliphatic heterocycles. The Bertz CT molecular complexity index is 817. The largest absolute Gasteiger partial charge is 0.347 e. The number of halogens is 1. The topological polar surface area (TPSA) is 90.0 Å². The third kappa shape index (κ3) is 4.51. The smallest absolute Gasteiger partial charge is 0.276 e. The van der Waals surface area contributed by atoms with Crippen molar-refractivity contribution in [3.8, 4) is 5.69 Å². The van der Waals surface area contributed by atoms with Crippen LogP contribution in [0, 0.1) is 18.7 Å². The average Bonchev–Trinajstić information content (AvgIpc) is 2.54. The molecule has 25 heavy (non-hydrogen) atoms. The second-order valence-corrected chi connectivity index (χ2v) is 6.40. The predicted octanol–water partition coefficient (Wildman–Crippen LogP) is 1.78. The molecule has 3 N–H and O–H groups in total. The fraction of sp³-hybridized carbons (Fsp3) is 0.389. The third-order valence-electron chi connectivity index (χ3n) is 3.78. The van der Waals surface area contributed by atoms with Gasteiger partial charge in [0.2, 0.25) is 5.43 Å². The van der Waals surface area contributed by atoms with Gasteiger partial charge in [-0.2, -0.15) is 5.10 Å². The van der Waals surface area contributed by atoms with Crippen molar-refractivity contribution in [1.82, 2.24) is 15.1 Å². The molecule has 1 aromatic heterocycles. The maximum atomic E-state index is 14.0. The van der Waals surface area contributed by atoms with Crippen molar-refractivity contribution in [2.45, 2.75) is 33.2 Å². The van der Waals surface area contributed by atoms with Crippen molar-refractivity contribution in [2.24, 2.45) is 11.7 Å². The quantitative estimate of drug-likeness (QED) is 0.834. The lowest BCUT2D eigenvalue weighted by Gasteiger charge is -2.19. The molecule has 1 atom stereocenters. The highest BCUT2D eigenvalue weighted by Gasteiger charge is 2.19. The first-order chi connectivity index (χ1) is 11.8. The van der Waals surface area contributed by atoms with E-state index in [2.05, 4.69) is 10.4 Å². The summed E-state index contributed by atoms with van der Waals surface area (Å²) in [5, 5.41) is 6.82. The van der Waals surface area contributed by atoms with Gasteiger partial charge in [0.1, 0.15) is 11.5 Å². The van der Waals surface area contributed by atoms with Gasteiger partial charge >= 0.3 is 0 Å². The lowest BCUT2D eigenvalue weighted by Crippen LogP contribution is -2.43. The Morgan fingerprint density at radius 3 is 2.64 bits per heavy atom. The van der Waals surface area contributed by atoms with Gasteiger partial charge in [0, 0.05) is 24.3 Å². The van der Waals surface area contributed by atoms with Crippen LogP contribution in [0.5, 0.6) is 0 Å². The van der Waals surface area contributed by atoms with Gasteiger partial charge in [-0.05, 0) is 31.4 Å². The summed E-state index contributed by atoms with van der Waals surface area (Å²) in [6.45, 7) is 5.93. The fourth-order valence-electron chi connectivity index (χ4n) is 2.61. The predicted molar refractivity (Wildman–Crippen MR) is 94.3 cm³/mol. The van der Waals surface area contributed by atoms with Crippen LogP contribution in [0.25, 0.3) is 5.69 Å². The lowest BCUT2D eigenvalue weighted by atomic mass is 10.0. The molecule has 1 aromatic carbocycles. The second-order valence-electron chi connectivity index (χ2n) is 6.40. The molecular formula is C18H23FN4O2. The number of aryl methyl sites for hydroxylation is 1. The maximum Gasteiger partial charge on any atom is 0.276 e. The molecule has 2 aromatic rings. The van der Waals surface area contributed by atoms with Crippen LogP contribution >= 0.6 is 0 Å². The SMILES string of the molecule is Cc1cc(=O)c(C(=O)NC(CN)CC(C)C)nn1-c1ccccc1F. The summed E-state index contributed by atoms with van der Waals surface area (Å²) in [5.74, 6) is -0.756. The van der Waals surface area contributed by atoms with Crippen LogP contribution in [0.15, 0.2) is 35.1 Å². The molecule has 0 radical (unpaired) electrons. The molecule has 6 nitrogen and oxygen atoms in total. The zero-order chi connectivity index (χ0) is 18.6. The number of nitrogens with one attached hydrogen (secondary N) is 1. The fourth-order valence-corrected chi connectivity index (χ4v) is 2.61. The normalized spacial score (nSPS) is 12.2. The summed E-state index contributed by atoms with van der Waals surface area (Å²) in [4.78, 5) is 24.6. The first-order valence-electron chi connectivity index (χ1n) is 8.20. The number of benzene rings is 1. The van der Waals surface area contributed by atoms with E-state index in [4.69, 9.17) is 5.73 Å². The zero-order valence-electron chi connectivity index (χ0n) is 14.6. The molecule has 0 saturated heterocycles.